The number of hydrogen-bond acceptors (Lipinski definition) is 4. The van der Waals surface area contributed by atoms with Crippen LogP contribution in [0.5, 0.6) is 5.75 Å². The zero-order valence-electron chi connectivity index (χ0n) is 14.0. The van der Waals surface area contributed by atoms with Crippen molar-refractivity contribution in [3.05, 3.63) is 71.3 Å². The van der Waals surface area contributed by atoms with Crippen molar-refractivity contribution in [2.24, 2.45) is 0 Å². The van der Waals surface area contributed by atoms with Crippen LogP contribution in [0.15, 0.2) is 48.7 Å². The molecule has 0 saturated carbocycles. The van der Waals surface area contributed by atoms with E-state index < -0.39 is 0 Å². The number of nitrogens with zero attached hydrogens (tertiary/aromatic N) is 1. The van der Waals surface area contributed by atoms with Gasteiger partial charge in [0.2, 0.25) is 0 Å². The van der Waals surface area contributed by atoms with Gasteiger partial charge in [0.1, 0.15) is 17.3 Å². The molecule has 6 heteroatoms. The zero-order chi connectivity index (χ0) is 17.9. The van der Waals surface area contributed by atoms with Crippen LogP contribution in [0, 0.1) is 5.82 Å². The van der Waals surface area contributed by atoms with Crippen molar-refractivity contribution in [3.63, 3.8) is 0 Å². The third-order valence-electron chi connectivity index (χ3n) is 4.32. The maximum Gasteiger partial charge on any atom is 0.270 e. The van der Waals surface area contributed by atoms with Gasteiger partial charge in [-0.05, 0) is 35.6 Å². The van der Waals surface area contributed by atoms with Gasteiger partial charge in [-0.1, -0.05) is 24.3 Å². The third-order valence-corrected chi connectivity index (χ3v) is 4.32. The lowest BCUT2D eigenvalue weighted by Gasteiger charge is -2.21. The number of carbonyl (C=O) groups excluding carboxylic acids is 1. The standard InChI is InChI=1S/C20H17FN2O3/c21-16-9-14(19-15(10-16)11-25-12-26-19)6-8-23-20(24)18-17-4-2-1-3-13(17)5-7-22-18/h1-5,7,9-10H,6,8,11-12H2,(H,23,24). The van der Waals surface area contributed by atoms with E-state index in [4.69, 9.17) is 9.47 Å². The van der Waals surface area contributed by atoms with Crippen molar-refractivity contribution in [2.45, 2.75) is 13.0 Å². The summed E-state index contributed by atoms with van der Waals surface area (Å²) >= 11 is 0. The van der Waals surface area contributed by atoms with E-state index in [2.05, 4.69) is 10.3 Å². The molecule has 1 aromatic heterocycles. The van der Waals surface area contributed by atoms with Crippen molar-refractivity contribution in [2.75, 3.05) is 13.3 Å². The van der Waals surface area contributed by atoms with Gasteiger partial charge in [-0.3, -0.25) is 9.78 Å². The SMILES string of the molecule is O=C(NCCc1cc(F)cc2c1OCOC2)c1nccc2ccccc12. The van der Waals surface area contributed by atoms with E-state index in [0.29, 0.717) is 36.6 Å². The monoisotopic (exact) mass is 352 g/mol. The van der Waals surface area contributed by atoms with E-state index >= 15 is 0 Å². The van der Waals surface area contributed by atoms with Crippen LogP contribution in [-0.4, -0.2) is 24.2 Å². The summed E-state index contributed by atoms with van der Waals surface area (Å²) in [5, 5.41) is 4.62. The summed E-state index contributed by atoms with van der Waals surface area (Å²) in [7, 11) is 0. The Kier molecular flexibility index (Phi) is 4.50. The first-order valence-corrected chi connectivity index (χ1v) is 8.36. The van der Waals surface area contributed by atoms with Gasteiger partial charge in [-0.2, -0.15) is 0 Å². The van der Waals surface area contributed by atoms with Gasteiger partial charge in [-0.25, -0.2) is 4.39 Å². The highest BCUT2D eigenvalue weighted by Gasteiger charge is 2.17. The molecule has 5 nitrogen and oxygen atoms in total. The first kappa shape index (κ1) is 16.5. The molecule has 0 fully saturated rings. The lowest BCUT2D eigenvalue weighted by molar-refractivity contribution is -0.0172. The average Bonchev–Trinajstić information content (AvgIpc) is 2.67. The van der Waals surface area contributed by atoms with Crippen LogP contribution in [-0.2, 0) is 17.8 Å². The molecule has 2 aromatic carbocycles. The minimum atomic E-state index is -0.338. The Morgan fingerprint density at radius 1 is 1.23 bits per heavy atom. The Hall–Kier alpha value is -2.99. The Morgan fingerprint density at radius 3 is 3.04 bits per heavy atom. The van der Waals surface area contributed by atoms with E-state index in [1.807, 2.05) is 30.3 Å². The maximum atomic E-state index is 13.8. The molecule has 132 valence electrons. The molecule has 1 aliphatic rings. The number of nitrogens with one attached hydrogen (secondary N) is 1. The van der Waals surface area contributed by atoms with Gasteiger partial charge in [0, 0.05) is 23.7 Å². The third kappa shape index (κ3) is 3.23. The molecule has 0 bridgehead atoms. The highest BCUT2D eigenvalue weighted by Crippen LogP contribution is 2.29. The molecule has 4 rings (SSSR count). The molecular weight excluding hydrogens is 335 g/mol. The van der Waals surface area contributed by atoms with Crippen molar-refractivity contribution >= 4 is 16.7 Å². The number of hydrogen-bond donors (Lipinski definition) is 1. The molecule has 2 heterocycles. The lowest BCUT2D eigenvalue weighted by atomic mass is 10.1. The lowest BCUT2D eigenvalue weighted by Crippen LogP contribution is -2.27. The zero-order valence-corrected chi connectivity index (χ0v) is 14.0. The molecule has 3 aromatic rings. The van der Waals surface area contributed by atoms with E-state index in [-0.39, 0.29) is 18.5 Å². The Bertz CT molecular complexity index is 969. The quantitative estimate of drug-likeness (QED) is 0.783. The van der Waals surface area contributed by atoms with Crippen LogP contribution < -0.4 is 10.1 Å². The normalized spacial score (nSPS) is 13.1. The molecule has 1 amide bonds. The highest BCUT2D eigenvalue weighted by atomic mass is 19.1. The van der Waals surface area contributed by atoms with Crippen LogP contribution in [0.1, 0.15) is 21.6 Å². The first-order valence-electron chi connectivity index (χ1n) is 8.36. The maximum absolute atomic E-state index is 13.8. The summed E-state index contributed by atoms with van der Waals surface area (Å²) in [6.07, 6.45) is 2.07. The summed E-state index contributed by atoms with van der Waals surface area (Å²) < 4.78 is 24.4. The topological polar surface area (TPSA) is 60.5 Å². The van der Waals surface area contributed by atoms with E-state index in [1.165, 1.54) is 12.1 Å². The Balaban J connectivity index is 1.48. The molecule has 0 spiro atoms. The molecular formula is C20H17FN2O3. The van der Waals surface area contributed by atoms with Crippen LogP contribution >= 0.6 is 0 Å². The van der Waals surface area contributed by atoms with Gasteiger partial charge in [0.15, 0.2) is 6.79 Å². The van der Waals surface area contributed by atoms with Gasteiger partial charge in [0.25, 0.3) is 5.91 Å². The van der Waals surface area contributed by atoms with E-state index in [1.54, 1.807) is 6.20 Å². The summed E-state index contributed by atoms with van der Waals surface area (Å²) in [6.45, 7) is 0.828. The average molecular weight is 352 g/mol. The molecule has 1 aliphatic heterocycles. The number of ether oxygens (including phenoxy) is 2. The second-order valence-electron chi connectivity index (χ2n) is 6.05. The number of fused-ring (bicyclic) bond motifs is 2. The molecule has 0 radical (unpaired) electrons. The summed E-state index contributed by atoms with van der Waals surface area (Å²) in [5.41, 5.74) is 1.79. The summed E-state index contributed by atoms with van der Waals surface area (Å²) in [4.78, 5) is 16.7. The highest BCUT2D eigenvalue weighted by molar-refractivity contribution is 6.05. The fourth-order valence-corrected chi connectivity index (χ4v) is 3.14. The molecule has 0 unspecified atom stereocenters. The molecule has 0 atom stereocenters. The van der Waals surface area contributed by atoms with Crippen molar-refractivity contribution in [1.29, 1.82) is 0 Å². The van der Waals surface area contributed by atoms with Gasteiger partial charge in [-0.15, -0.1) is 0 Å². The van der Waals surface area contributed by atoms with Crippen LogP contribution in [0.25, 0.3) is 10.8 Å². The van der Waals surface area contributed by atoms with Crippen LogP contribution in [0.4, 0.5) is 4.39 Å². The van der Waals surface area contributed by atoms with Crippen LogP contribution in [0.3, 0.4) is 0 Å². The second-order valence-corrected chi connectivity index (χ2v) is 6.05. The van der Waals surface area contributed by atoms with Crippen molar-refractivity contribution in [3.8, 4) is 5.75 Å². The fourth-order valence-electron chi connectivity index (χ4n) is 3.14. The summed E-state index contributed by atoms with van der Waals surface area (Å²) in [5.74, 6) is 0.0569. The number of halogens is 1. The van der Waals surface area contributed by atoms with Crippen LogP contribution in [0.2, 0.25) is 0 Å². The predicted molar refractivity (Wildman–Crippen MR) is 94.5 cm³/mol. The first-order chi connectivity index (χ1) is 12.7. The Labute approximate surface area is 149 Å². The van der Waals surface area contributed by atoms with Gasteiger partial charge >= 0.3 is 0 Å². The second kappa shape index (κ2) is 7.09. The number of rotatable bonds is 4. The number of pyridine rings is 1. The largest absolute Gasteiger partial charge is 0.467 e. The van der Waals surface area contributed by atoms with Gasteiger partial charge < -0.3 is 14.8 Å². The predicted octanol–water partition coefficient (Wildman–Crippen LogP) is 3.21. The Morgan fingerprint density at radius 2 is 2.12 bits per heavy atom. The molecule has 26 heavy (non-hydrogen) atoms. The molecule has 0 saturated heterocycles. The smallest absolute Gasteiger partial charge is 0.270 e. The fraction of sp³-hybridized carbons (Fsp3) is 0.200. The number of amides is 1. The summed E-state index contributed by atoms with van der Waals surface area (Å²) in [6, 6.07) is 12.3. The minimum Gasteiger partial charge on any atom is -0.467 e. The van der Waals surface area contributed by atoms with E-state index in [9.17, 15) is 9.18 Å². The molecule has 0 aliphatic carbocycles. The van der Waals surface area contributed by atoms with Crippen molar-refractivity contribution in [1.82, 2.24) is 10.3 Å². The minimum absolute atomic E-state index is 0.151. The van der Waals surface area contributed by atoms with E-state index in [0.717, 1.165) is 16.3 Å². The van der Waals surface area contributed by atoms with Crippen molar-refractivity contribution < 1.29 is 18.7 Å². The van der Waals surface area contributed by atoms with Gasteiger partial charge in [0.05, 0.1) is 6.61 Å². The number of benzene rings is 2. The molecule has 1 N–H and O–H groups in total. The number of aromatic nitrogens is 1. The number of carbonyl (C=O) groups is 1.